The molecule has 24 heavy (non-hydrogen) atoms. The number of aryl methyl sites for hydroxylation is 3. The van der Waals surface area contributed by atoms with Crippen molar-refractivity contribution in [3.8, 4) is 5.75 Å². The highest BCUT2D eigenvalue weighted by Gasteiger charge is 2.03. The van der Waals surface area contributed by atoms with E-state index in [1.807, 2.05) is 50.2 Å². The largest absolute Gasteiger partial charge is 0.496 e. The van der Waals surface area contributed by atoms with Crippen LogP contribution in [0.15, 0.2) is 47.6 Å². The molecule has 2 aromatic rings. The van der Waals surface area contributed by atoms with Crippen molar-refractivity contribution >= 4 is 12.1 Å². The van der Waals surface area contributed by atoms with Crippen LogP contribution in [-0.2, 0) is 11.2 Å². The molecule has 1 N–H and O–H groups in total. The lowest BCUT2D eigenvalue weighted by molar-refractivity contribution is -0.121. The van der Waals surface area contributed by atoms with Gasteiger partial charge in [0, 0.05) is 6.42 Å². The molecule has 0 spiro atoms. The molecule has 0 fully saturated rings. The number of amides is 1. The number of carbonyl (C=O) groups is 1. The fourth-order valence-electron chi connectivity index (χ4n) is 2.44. The number of hydrazone groups is 1. The summed E-state index contributed by atoms with van der Waals surface area (Å²) < 4.78 is 5.25. The molecule has 0 aliphatic rings. The predicted molar refractivity (Wildman–Crippen MR) is 97.6 cm³/mol. The van der Waals surface area contributed by atoms with Gasteiger partial charge in [-0.05, 0) is 49.4 Å². The van der Waals surface area contributed by atoms with E-state index in [0.717, 1.165) is 29.7 Å². The Morgan fingerprint density at radius 1 is 1.17 bits per heavy atom. The zero-order chi connectivity index (χ0) is 17.4. The Bertz CT molecular complexity index is 706. The standard InChI is InChI=1S/C20H24N2O2/c1-15-7-9-18(10-8-15)14-21-22-20(23)6-4-5-17-11-12-19(24-3)16(2)13-17/h7-14H,4-6H2,1-3H3,(H,22,23)/b21-14-. The van der Waals surface area contributed by atoms with Crippen molar-refractivity contribution in [1.29, 1.82) is 0 Å². The molecule has 0 aliphatic heterocycles. The monoisotopic (exact) mass is 324 g/mol. The van der Waals surface area contributed by atoms with E-state index in [1.165, 1.54) is 11.1 Å². The maximum atomic E-state index is 11.8. The second kappa shape index (κ2) is 8.87. The summed E-state index contributed by atoms with van der Waals surface area (Å²) in [7, 11) is 1.67. The van der Waals surface area contributed by atoms with Gasteiger partial charge in [0.15, 0.2) is 0 Å². The summed E-state index contributed by atoms with van der Waals surface area (Å²) in [5.41, 5.74) is 7.06. The summed E-state index contributed by atoms with van der Waals surface area (Å²) in [6.07, 6.45) is 3.76. The average Bonchev–Trinajstić information content (AvgIpc) is 2.57. The van der Waals surface area contributed by atoms with Gasteiger partial charge in [-0.3, -0.25) is 4.79 Å². The lowest BCUT2D eigenvalue weighted by Crippen LogP contribution is -2.17. The van der Waals surface area contributed by atoms with Crippen molar-refractivity contribution in [2.45, 2.75) is 33.1 Å². The Morgan fingerprint density at radius 2 is 1.92 bits per heavy atom. The summed E-state index contributed by atoms with van der Waals surface area (Å²) in [5.74, 6) is 0.825. The quantitative estimate of drug-likeness (QED) is 0.622. The average molecular weight is 324 g/mol. The summed E-state index contributed by atoms with van der Waals surface area (Å²) in [6, 6.07) is 14.1. The van der Waals surface area contributed by atoms with Gasteiger partial charge < -0.3 is 4.74 Å². The van der Waals surface area contributed by atoms with Crippen molar-refractivity contribution in [2.75, 3.05) is 7.11 Å². The Morgan fingerprint density at radius 3 is 2.58 bits per heavy atom. The third-order valence-corrected chi connectivity index (χ3v) is 3.81. The molecule has 126 valence electrons. The normalized spacial score (nSPS) is 10.8. The molecule has 0 aromatic heterocycles. The van der Waals surface area contributed by atoms with Gasteiger partial charge >= 0.3 is 0 Å². The number of hydrogen-bond acceptors (Lipinski definition) is 3. The van der Waals surface area contributed by atoms with E-state index < -0.39 is 0 Å². The molecule has 0 radical (unpaired) electrons. The Kier molecular flexibility index (Phi) is 6.55. The highest BCUT2D eigenvalue weighted by atomic mass is 16.5. The van der Waals surface area contributed by atoms with E-state index in [-0.39, 0.29) is 5.91 Å². The van der Waals surface area contributed by atoms with Gasteiger partial charge in [-0.25, -0.2) is 5.43 Å². The predicted octanol–water partition coefficient (Wildman–Crippen LogP) is 3.79. The first-order valence-electron chi connectivity index (χ1n) is 8.10. The van der Waals surface area contributed by atoms with Crippen LogP contribution in [0.4, 0.5) is 0 Å². The molecule has 0 bridgehead atoms. The molecule has 4 nitrogen and oxygen atoms in total. The number of nitrogens with one attached hydrogen (secondary N) is 1. The van der Waals surface area contributed by atoms with Crippen molar-refractivity contribution in [1.82, 2.24) is 5.43 Å². The van der Waals surface area contributed by atoms with Gasteiger partial charge in [-0.2, -0.15) is 5.10 Å². The molecule has 0 heterocycles. The van der Waals surface area contributed by atoms with Crippen LogP contribution < -0.4 is 10.2 Å². The van der Waals surface area contributed by atoms with Crippen molar-refractivity contribution in [3.05, 3.63) is 64.7 Å². The topological polar surface area (TPSA) is 50.7 Å². The second-order valence-corrected chi connectivity index (χ2v) is 5.86. The number of rotatable bonds is 7. The van der Waals surface area contributed by atoms with Crippen molar-refractivity contribution in [3.63, 3.8) is 0 Å². The summed E-state index contributed by atoms with van der Waals surface area (Å²) in [6.45, 7) is 4.06. The van der Waals surface area contributed by atoms with Crippen LogP contribution in [0.1, 0.15) is 35.1 Å². The number of benzene rings is 2. The van der Waals surface area contributed by atoms with Crippen LogP contribution in [0.2, 0.25) is 0 Å². The van der Waals surface area contributed by atoms with Crippen LogP contribution in [0.25, 0.3) is 0 Å². The molecule has 4 heteroatoms. The number of nitrogens with zero attached hydrogens (tertiary/aromatic N) is 1. The van der Waals surface area contributed by atoms with E-state index in [0.29, 0.717) is 6.42 Å². The first-order valence-corrected chi connectivity index (χ1v) is 8.10. The molecular formula is C20H24N2O2. The number of methoxy groups -OCH3 is 1. The number of hydrogen-bond donors (Lipinski definition) is 1. The van der Waals surface area contributed by atoms with E-state index in [9.17, 15) is 4.79 Å². The van der Waals surface area contributed by atoms with Crippen LogP contribution in [0, 0.1) is 13.8 Å². The maximum absolute atomic E-state index is 11.8. The third kappa shape index (κ3) is 5.54. The minimum atomic E-state index is -0.0661. The Hall–Kier alpha value is -2.62. The fourth-order valence-corrected chi connectivity index (χ4v) is 2.44. The van der Waals surface area contributed by atoms with Gasteiger partial charge in [0.05, 0.1) is 13.3 Å². The van der Waals surface area contributed by atoms with Gasteiger partial charge in [0.2, 0.25) is 5.91 Å². The summed E-state index contributed by atoms with van der Waals surface area (Å²) in [4.78, 5) is 11.8. The molecule has 0 unspecified atom stereocenters. The van der Waals surface area contributed by atoms with Crippen LogP contribution >= 0.6 is 0 Å². The zero-order valence-electron chi connectivity index (χ0n) is 14.5. The lowest BCUT2D eigenvalue weighted by Gasteiger charge is -2.07. The minimum absolute atomic E-state index is 0.0661. The molecule has 1 amide bonds. The van der Waals surface area contributed by atoms with Crippen LogP contribution in [-0.4, -0.2) is 19.2 Å². The van der Waals surface area contributed by atoms with E-state index in [1.54, 1.807) is 13.3 Å². The second-order valence-electron chi connectivity index (χ2n) is 5.86. The summed E-state index contributed by atoms with van der Waals surface area (Å²) >= 11 is 0. The van der Waals surface area contributed by atoms with Gasteiger partial charge in [-0.1, -0.05) is 42.0 Å². The lowest BCUT2D eigenvalue weighted by atomic mass is 10.1. The molecule has 0 saturated heterocycles. The molecule has 0 saturated carbocycles. The smallest absolute Gasteiger partial charge is 0.240 e. The molecule has 0 aliphatic carbocycles. The first-order chi connectivity index (χ1) is 11.6. The number of ether oxygens (including phenoxy) is 1. The Balaban J connectivity index is 1.73. The van der Waals surface area contributed by atoms with Gasteiger partial charge in [0.1, 0.15) is 5.75 Å². The molecule has 0 atom stereocenters. The molecule has 2 aromatic carbocycles. The fraction of sp³-hybridized carbons (Fsp3) is 0.300. The maximum Gasteiger partial charge on any atom is 0.240 e. The summed E-state index contributed by atoms with van der Waals surface area (Å²) in [5, 5.41) is 3.99. The number of carbonyl (C=O) groups excluding carboxylic acids is 1. The first kappa shape index (κ1) is 17.7. The van der Waals surface area contributed by atoms with Crippen molar-refractivity contribution in [2.24, 2.45) is 5.10 Å². The zero-order valence-corrected chi connectivity index (χ0v) is 14.5. The SMILES string of the molecule is COc1ccc(CCCC(=O)N/N=C\c2ccc(C)cc2)cc1C. The third-order valence-electron chi connectivity index (χ3n) is 3.81. The highest BCUT2D eigenvalue weighted by molar-refractivity contribution is 5.82. The van der Waals surface area contributed by atoms with E-state index in [2.05, 4.69) is 16.6 Å². The van der Waals surface area contributed by atoms with E-state index >= 15 is 0 Å². The van der Waals surface area contributed by atoms with Gasteiger partial charge in [-0.15, -0.1) is 0 Å². The van der Waals surface area contributed by atoms with Crippen LogP contribution in [0.5, 0.6) is 5.75 Å². The van der Waals surface area contributed by atoms with Gasteiger partial charge in [0.25, 0.3) is 0 Å². The van der Waals surface area contributed by atoms with Crippen LogP contribution in [0.3, 0.4) is 0 Å². The molecular weight excluding hydrogens is 300 g/mol. The van der Waals surface area contributed by atoms with Crippen molar-refractivity contribution < 1.29 is 9.53 Å². The Labute approximate surface area is 143 Å². The highest BCUT2D eigenvalue weighted by Crippen LogP contribution is 2.19. The molecule has 2 rings (SSSR count). The minimum Gasteiger partial charge on any atom is -0.496 e. The van der Waals surface area contributed by atoms with E-state index in [4.69, 9.17) is 4.74 Å².